The lowest BCUT2D eigenvalue weighted by Crippen LogP contribution is -2.45. The number of nitrogens with one attached hydrogen (secondary N) is 2. The van der Waals surface area contributed by atoms with Gasteiger partial charge in [0.15, 0.2) is 0 Å². The summed E-state index contributed by atoms with van der Waals surface area (Å²) in [6, 6.07) is 18.5. The summed E-state index contributed by atoms with van der Waals surface area (Å²) >= 11 is 0. The Kier molecular flexibility index (Phi) is 13.6. The summed E-state index contributed by atoms with van der Waals surface area (Å²) in [6.45, 7) is 8.99. The van der Waals surface area contributed by atoms with E-state index in [2.05, 4.69) is 23.8 Å². The molecule has 0 bridgehead atoms. The molecule has 4 atom stereocenters. The Balaban J connectivity index is 2.10. The van der Waals surface area contributed by atoms with Crippen LogP contribution in [0.5, 0.6) is 0 Å². The van der Waals surface area contributed by atoms with Crippen molar-refractivity contribution in [3.63, 3.8) is 0 Å². The lowest BCUT2D eigenvalue weighted by atomic mass is 9.96. The molecule has 0 aromatic heterocycles. The van der Waals surface area contributed by atoms with E-state index in [1.165, 1.54) is 0 Å². The Hall–Kier alpha value is -3.71. The molecule has 0 heterocycles. The van der Waals surface area contributed by atoms with E-state index >= 15 is 0 Å². The summed E-state index contributed by atoms with van der Waals surface area (Å²) in [6.07, 6.45) is 5.04. The molecule has 0 aliphatic heterocycles. The predicted octanol–water partition coefficient (Wildman–Crippen LogP) is 3.77. The van der Waals surface area contributed by atoms with E-state index < -0.39 is 18.0 Å². The van der Waals surface area contributed by atoms with Crippen LogP contribution in [0.25, 0.3) is 0 Å². The van der Waals surface area contributed by atoms with Crippen molar-refractivity contribution < 1.29 is 24.2 Å². The molecule has 0 fully saturated rings. The summed E-state index contributed by atoms with van der Waals surface area (Å²) in [4.78, 5) is 38.6. The molecule has 0 saturated heterocycles. The fourth-order valence-electron chi connectivity index (χ4n) is 4.12. The zero-order valence-electron chi connectivity index (χ0n) is 22.2. The molecule has 0 saturated carbocycles. The summed E-state index contributed by atoms with van der Waals surface area (Å²) in [5.74, 6) is -2.01. The average Bonchev–Trinajstić information content (AvgIpc) is 2.92. The van der Waals surface area contributed by atoms with E-state index in [9.17, 15) is 19.5 Å². The summed E-state index contributed by atoms with van der Waals surface area (Å²) in [7, 11) is 0. The minimum Gasteiger partial charge on any atom is -0.463 e. The van der Waals surface area contributed by atoms with Crippen molar-refractivity contribution in [3.8, 4) is 0 Å². The number of rotatable bonds is 17. The van der Waals surface area contributed by atoms with Gasteiger partial charge in [0.2, 0.25) is 11.8 Å². The summed E-state index contributed by atoms with van der Waals surface area (Å²) in [5, 5.41) is 14.8. The highest BCUT2D eigenvalue weighted by atomic mass is 16.5. The van der Waals surface area contributed by atoms with Gasteiger partial charge in [-0.25, -0.2) is 0 Å². The number of carbonyl (C=O) groups excluding carboxylic acids is 3. The Morgan fingerprint density at radius 1 is 0.868 bits per heavy atom. The van der Waals surface area contributed by atoms with Crippen LogP contribution in [0, 0.1) is 11.8 Å². The molecule has 0 unspecified atom stereocenters. The Morgan fingerprint density at radius 3 is 1.97 bits per heavy atom. The van der Waals surface area contributed by atoms with E-state index in [-0.39, 0.29) is 43.3 Å². The molecule has 204 valence electrons. The largest absolute Gasteiger partial charge is 0.463 e. The van der Waals surface area contributed by atoms with Crippen LogP contribution >= 0.6 is 0 Å². The SMILES string of the molecule is C=CC[C@H](CC(=O)N[C@@H](C)CO)C(=O)N[C@H](COC(=O)[C@@H](CC=C)Cc1ccccc1)Cc1ccccc1. The van der Waals surface area contributed by atoms with Crippen molar-refractivity contribution in [1.29, 1.82) is 0 Å². The number of benzene rings is 2. The number of carbonyl (C=O) groups is 3. The lowest BCUT2D eigenvalue weighted by molar-refractivity contribution is -0.149. The highest BCUT2D eigenvalue weighted by molar-refractivity contribution is 5.86. The second-order valence-corrected chi connectivity index (χ2v) is 9.51. The highest BCUT2D eigenvalue weighted by Gasteiger charge is 2.26. The molecule has 0 aliphatic rings. The van der Waals surface area contributed by atoms with Crippen LogP contribution in [0.2, 0.25) is 0 Å². The van der Waals surface area contributed by atoms with Crippen molar-refractivity contribution in [3.05, 3.63) is 97.1 Å². The molecule has 7 nitrogen and oxygen atoms in total. The molecule has 38 heavy (non-hydrogen) atoms. The van der Waals surface area contributed by atoms with Gasteiger partial charge in [-0.1, -0.05) is 72.8 Å². The van der Waals surface area contributed by atoms with Crippen molar-refractivity contribution in [2.75, 3.05) is 13.2 Å². The van der Waals surface area contributed by atoms with Crippen LogP contribution in [-0.4, -0.2) is 48.2 Å². The fraction of sp³-hybridized carbons (Fsp3) is 0.387. The Bertz CT molecular complexity index is 1030. The van der Waals surface area contributed by atoms with Gasteiger partial charge in [0.1, 0.15) is 6.61 Å². The van der Waals surface area contributed by atoms with Crippen LogP contribution in [0.3, 0.4) is 0 Å². The zero-order chi connectivity index (χ0) is 27.8. The van der Waals surface area contributed by atoms with E-state index in [1.807, 2.05) is 60.7 Å². The minimum absolute atomic E-state index is 0.00352. The van der Waals surface area contributed by atoms with E-state index in [1.54, 1.807) is 19.1 Å². The average molecular weight is 521 g/mol. The molecule has 0 aliphatic carbocycles. The quantitative estimate of drug-likeness (QED) is 0.218. The zero-order valence-corrected chi connectivity index (χ0v) is 22.2. The molecule has 2 rings (SSSR count). The number of hydrogen-bond donors (Lipinski definition) is 3. The van der Waals surface area contributed by atoms with Gasteiger partial charge < -0.3 is 20.5 Å². The first-order chi connectivity index (χ1) is 18.4. The normalized spacial score (nSPS) is 13.8. The van der Waals surface area contributed by atoms with Crippen LogP contribution in [0.15, 0.2) is 86.0 Å². The third-order valence-corrected chi connectivity index (χ3v) is 6.14. The van der Waals surface area contributed by atoms with Crippen LogP contribution in [0.4, 0.5) is 0 Å². The van der Waals surface area contributed by atoms with Crippen molar-refractivity contribution >= 4 is 17.8 Å². The Morgan fingerprint density at radius 2 is 1.42 bits per heavy atom. The number of esters is 1. The molecule has 2 aromatic carbocycles. The molecule has 2 amide bonds. The number of amides is 2. The number of aliphatic hydroxyl groups excluding tert-OH is 1. The van der Waals surface area contributed by atoms with Crippen LogP contribution in [0.1, 0.15) is 37.3 Å². The van der Waals surface area contributed by atoms with Crippen molar-refractivity contribution in [1.82, 2.24) is 10.6 Å². The Labute approximate surface area is 226 Å². The van der Waals surface area contributed by atoms with Gasteiger partial charge in [-0.05, 0) is 43.7 Å². The first kappa shape index (κ1) is 30.5. The molecule has 2 aromatic rings. The monoisotopic (exact) mass is 520 g/mol. The first-order valence-corrected chi connectivity index (χ1v) is 13.0. The van der Waals surface area contributed by atoms with Crippen LogP contribution in [-0.2, 0) is 32.0 Å². The topological polar surface area (TPSA) is 105 Å². The van der Waals surface area contributed by atoms with Gasteiger partial charge in [-0.15, -0.1) is 13.2 Å². The maximum Gasteiger partial charge on any atom is 0.309 e. The number of allylic oxidation sites excluding steroid dienone is 2. The van der Waals surface area contributed by atoms with Crippen molar-refractivity contribution in [2.24, 2.45) is 11.8 Å². The second kappa shape index (κ2) is 16.9. The third kappa shape index (κ3) is 11.1. The maximum atomic E-state index is 13.2. The fourth-order valence-corrected chi connectivity index (χ4v) is 4.12. The predicted molar refractivity (Wildman–Crippen MR) is 149 cm³/mol. The minimum atomic E-state index is -0.640. The van der Waals surface area contributed by atoms with Gasteiger partial charge in [0, 0.05) is 12.5 Å². The summed E-state index contributed by atoms with van der Waals surface area (Å²) in [5.41, 5.74) is 2.02. The highest BCUT2D eigenvalue weighted by Crippen LogP contribution is 2.16. The van der Waals surface area contributed by atoms with E-state index in [0.717, 1.165) is 11.1 Å². The first-order valence-electron chi connectivity index (χ1n) is 13.0. The standard InChI is InChI=1S/C31H40N2O5/c1-4-12-26(20-29(35)32-23(3)21-34)30(36)33-28(19-25-16-10-7-11-17-25)22-38-31(37)27(13-5-2)18-24-14-8-6-9-15-24/h4-11,14-17,23,26-28,34H,1-2,12-13,18-22H2,3H3,(H,32,35)(H,33,36)/t23-,26+,27-,28-/m0/s1. The van der Waals surface area contributed by atoms with Gasteiger partial charge >= 0.3 is 5.97 Å². The summed E-state index contributed by atoms with van der Waals surface area (Å²) < 4.78 is 5.72. The number of aliphatic hydroxyl groups is 1. The molecule has 0 radical (unpaired) electrons. The van der Waals surface area contributed by atoms with Gasteiger partial charge in [0.05, 0.1) is 24.5 Å². The lowest BCUT2D eigenvalue weighted by Gasteiger charge is -2.24. The smallest absolute Gasteiger partial charge is 0.309 e. The maximum absolute atomic E-state index is 13.2. The van der Waals surface area contributed by atoms with E-state index in [0.29, 0.717) is 25.7 Å². The number of ether oxygens (including phenoxy) is 1. The van der Waals surface area contributed by atoms with Gasteiger partial charge in [0.25, 0.3) is 0 Å². The van der Waals surface area contributed by atoms with Gasteiger partial charge in [-0.2, -0.15) is 0 Å². The molecular weight excluding hydrogens is 480 g/mol. The number of hydrogen-bond acceptors (Lipinski definition) is 5. The van der Waals surface area contributed by atoms with Gasteiger partial charge in [-0.3, -0.25) is 14.4 Å². The van der Waals surface area contributed by atoms with Crippen LogP contribution < -0.4 is 10.6 Å². The molecule has 3 N–H and O–H groups in total. The molecule has 7 heteroatoms. The molecular formula is C31H40N2O5. The molecule has 0 spiro atoms. The third-order valence-electron chi connectivity index (χ3n) is 6.14. The van der Waals surface area contributed by atoms with E-state index in [4.69, 9.17) is 4.74 Å². The second-order valence-electron chi connectivity index (χ2n) is 9.51. The van der Waals surface area contributed by atoms with Crippen molar-refractivity contribution in [2.45, 2.75) is 51.1 Å².